The molecule has 1 aliphatic heterocycles. The number of amides is 2. The molecule has 1 saturated heterocycles. The number of nitrogens with one attached hydrogen (secondary N) is 1. The maximum absolute atomic E-state index is 14.7. The number of likely N-dealkylation sites (tertiary alicyclic amines) is 1. The quantitative estimate of drug-likeness (QED) is 0.266. The third-order valence-electron chi connectivity index (χ3n) is 6.97. The summed E-state index contributed by atoms with van der Waals surface area (Å²) in [5.41, 5.74) is 0.382. The molecule has 15 heteroatoms. The lowest BCUT2D eigenvalue weighted by atomic mass is 10.0. The van der Waals surface area contributed by atoms with Gasteiger partial charge in [-0.1, -0.05) is 23.8 Å². The van der Waals surface area contributed by atoms with Gasteiger partial charge in [0.2, 0.25) is 11.7 Å². The number of benzene rings is 2. The van der Waals surface area contributed by atoms with Crippen molar-refractivity contribution >= 4 is 22.1 Å². The Morgan fingerprint density at radius 2 is 1.64 bits per heavy atom. The summed E-state index contributed by atoms with van der Waals surface area (Å²) in [5, 5.41) is 2.57. The van der Waals surface area contributed by atoms with E-state index in [1.165, 1.54) is 31.2 Å². The SMILES string of the molecule is Cc1ccc(S(=O)(=O)O[C@H]2CC(C(=O)NCc3cc(-c4cnc(C(F)(F)F)nc4)ccc3F)N(C(=O)OC(C)(C)C)[C@H]2C)cc1. The number of hydrogen-bond acceptors (Lipinski definition) is 8. The topological polar surface area (TPSA) is 128 Å². The second-order valence-corrected chi connectivity index (χ2v) is 13.2. The molecular formula is C30H32F4N4O6S. The minimum absolute atomic E-state index is 0.00893. The molecule has 1 N–H and O–H groups in total. The monoisotopic (exact) mass is 652 g/mol. The molecule has 4 rings (SSSR count). The van der Waals surface area contributed by atoms with Gasteiger partial charge in [0, 0.05) is 36.5 Å². The molecule has 0 saturated carbocycles. The minimum Gasteiger partial charge on any atom is -0.444 e. The summed E-state index contributed by atoms with van der Waals surface area (Å²) in [6, 6.07) is 7.58. The minimum atomic E-state index is -4.73. The van der Waals surface area contributed by atoms with Crippen molar-refractivity contribution in [1.82, 2.24) is 20.2 Å². The van der Waals surface area contributed by atoms with Gasteiger partial charge in [0.05, 0.1) is 10.9 Å². The number of aromatic nitrogens is 2. The van der Waals surface area contributed by atoms with Gasteiger partial charge in [-0.15, -0.1) is 0 Å². The van der Waals surface area contributed by atoms with Crippen LogP contribution in [0.25, 0.3) is 11.1 Å². The highest BCUT2D eigenvalue weighted by Crippen LogP contribution is 2.32. The van der Waals surface area contributed by atoms with Crippen molar-refractivity contribution in [2.45, 2.75) is 82.4 Å². The van der Waals surface area contributed by atoms with Crippen LogP contribution in [0.2, 0.25) is 0 Å². The maximum atomic E-state index is 14.7. The molecule has 3 aromatic rings. The first-order valence-corrected chi connectivity index (χ1v) is 15.2. The highest BCUT2D eigenvalue weighted by Gasteiger charge is 2.48. The Balaban J connectivity index is 1.54. The Kier molecular flexibility index (Phi) is 9.54. The van der Waals surface area contributed by atoms with Gasteiger partial charge in [-0.25, -0.2) is 19.2 Å². The van der Waals surface area contributed by atoms with Gasteiger partial charge in [0.15, 0.2) is 0 Å². The largest absolute Gasteiger partial charge is 0.451 e. The number of alkyl halides is 3. The summed E-state index contributed by atoms with van der Waals surface area (Å²) < 4.78 is 90.3. The van der Waals surface area contributed by atoms with E-state index < -0.39 is 63.7 Å². The van der Waals surface area contributed by atoms with Gasteiger partial charge in [-0.2, -0.15) is 21.6 Å². The lowest BCUT2D eigenvalue weighted by Crippen LogP contribution is -2.50. The summed E-state index contributed by atoms with van der Waals surface area (Å²) in [6.45, 7) is 7.86. The molecule has 2 aromatic carbocycles. The molecule has 242 valence electrons. The number of nitrogens with zero attached hydrogens (tertiary/aromatic N) is 3. The molecule has 1 aromatic heterocycles. The van der Waals surface area contributed by atoms with Crippen LogP contribution in [0.4, 0.5) is 22.4 Å². The van der Waals surface area contributed by atoms with Crippen LogP contribution in [0.3, 0.4) is 0 Å². The van der Waals surface area contributed by atoms with Crippen molar-refractivity contribution in [3.63, 3.8) is 0 Å². The van der Waals surface area contributed by atoms with E-state index in [2.05, 4.69) is 15.3 Å². The molecule has 10 nitrogen and oxygen atoms in total. The van der Waals surface area contributed by atoms with Crippen LogP contribution in [0, 0.1) is 12.7 Å². The zero-order chi connectivity index (χ0) is 33.3. The van der Waals surface area contributed by atoms with Crippen molar-refractivity contribution < 1.29 is 44.5 Å². The fraction of sp³-hybridized carbons (Fsp3) is 0.400. The van der Waals surface area contributed by atoms with E-state index in [1.807, 2.05) is 0 Å². The van der Waals surface area contributed by atoms with Gasteiger partial charge in [0.1, 0.15) is 23.6 Å². The number of carbonyl (C=O) groups excluding carboxylic acids is 2. The van der Waals surface area contributed by atoms with Gasteiger partial charge in [0.25, 0.3) is 10.1 Å². The Morgan fingerprint density at radius 3 is 2.22 bits per heavy atom. The molecule has 45 heavy (non-hydrogen) atoms. The summed E-state index contributed by atoms with van der Waals surface area (Å²) in [4.78, 5) is 34.3. The third-order valence-corrected chi connectivity index (χ3v) is 8.32. The van der Waals surface area contributed by atoms with Crippen LogP contribution in [-0.2, 0) is 36.6 Å². The van der Waals surface area contributed by atoms with Crippen molar-refractivity contribution in [3.05, 3.63) is 77.6 Å². The highest BCUT2D eigenvalue weighted by molar-refractivity contribution is 7.86. The fourth-order valence-corrected chi connectivity index (χ4v) is 5.84. The van der Waals surface area contributed by atoms with Crippen LogP contribution in [0.15, 0.2) is 59.8 Å². The van der Waals surface area contributed by atoms with Crippen molar-refractivity contribution in [1.29, 1.82) is 0 Å². The second-order valence-electron chi connectivity index (χ2n) is 11.6. The summed E-state index contributed by atoms with van der Waals surface area (Å²) in [5.74, 6) is -2.76. The molecular weight excluding hydrogens is 620 g/mol. The van der Waals surface area contributed by atoms with E-state index >= 15 is 0 Å². The Bertz CT molecular complexity index is 1660. The first-order valence-electron chi connectivity index (χ1n) is 13.8. The van der Waals surface area contributed by atoms with E-state index in [0.717, 1.165) is 28.9 Å². The normalized spacial score (nSPS) is 19.0. The van der Waals surface area contributed by atoms with E-state index in [0.29, 0.717) is 5.56 Å². The molecule has 1 fully saturated rings. The lowest BCUT2D eigenvalue weighted by Gasteiger charge is -2.31. The number of halogens is 4. The van der Waals surface area contributed by atoms with Gasteiger partial charge >= 0.3 is 12.3 Å². The van der Waals surface area contributed by atoms with Gasteiger partial charge in [-0.05, 0) is 64.4 Å². The standard InChI is InChI=1S/C30H32F4N4O6S/c1-17-6-9-22(10-7-17)45(41,42)44-25-13-24(38(18(25)2)28(40)43-29(3,4)5)26(39)35-14-20-12-19(8-11-23(20)31)21-15-36-27(37-16-21)30(32,33)34/h6-12,15-16,18,24-25H,13-14H2,1-5H3,(H,35,39)/t18-,24?,25-/m0/s1. The third kappa shape index (κ3) is 8.14. The smallest absolute Gasteiger partial charge is 0.444 e. The second kappa shape index (κ2) is 12.7. The molecule has 0 aliphatic carbocycles. The van der Waals surface area contributed by atoms with Crippen molar-refractivity contribution in [3.8, 4) is 11.1 Å². The number of aryl methyl sites for hydroxylation is 1. The summed E-state index contributed by atoms with van der Waals surface area (Å²) in [6.07, 6.45) is -5.01. The first kappa shape index (κ1) is 33.8. The average Bonchev–Trinajstić information content (AvgIpc) is 3.26. The van der Waals surface area contributed by atoms with E-state index in [9.17, 15) is 35.6 Å². The molecule has 2 amide bonds. The van der Waals surface area contributed by atoms with E-state index in [-0.39, 0.29) is 29.0 Å². The average molecular weight is 653 g/mol. The van der Waals surface area contributed by atoms with E-state index in [4.69, 9.17) is 8.92 Å². The predicted molar refractivity (Wildman–Crippen MR) is 153 cm³/mol. The highest BCUT2D eigenvalue weighted by atomic mass is 32.2. The molecule has 3 atom stereocenters. The lowest BCUT2D eigenvalue weighted by molar-refractivity contribution is -0.145. The number of hydrogen-bond donors (Lipinski definition) is 1. The number of carbonyl (C=O) groups is 2. The number of rotatable bonds is 7. The molecule has 1 aliphatic rings. The summed E-state index contributed by atoms with van der Waals surface area (Å²) in [7, 11) is -4.26. The van der Waals surface area contributed by atoms with Gasteiger partial charge in [-0.3, -0.25) is 13.9 Å². The van der Waals surface area contributed by atoms with Crippen LogP contribution >= 0.6 is 0 Å². The Morgan fingerprint density at radius 1 is 1.02 bits per heavy atom. The molecule has 0 spiro atoms. The van der Waals surface area contributed by atoms with Crippen LogP contribution < -0.4 is 5.32 Å². The molecule has 0 bridgehead atoms. The maximum Gasteiger partial charge on any atom is 0.451 e. The van der Waals surface area contributed by atoms with Crippen LogP contribution in [-0.4, -0.2) is 59.1 Å². The Hall–Kier alpha value is -4.11. The first-order chi connectivity index (χ1) is 20.9. The fourth-order valence-electron chi connectivity index (χ4n) is 4.69. The van der Waals surface area contributed by atoms with Crippen molar-refractivity contribution in [2.75, 3.05) is 0 Å². The van der Waals surface area contributed by atoms with Crippen LogP contribution in [0.1, 0.15) is 51.1 Å². The van der Waals surface area contributed by atoms with Gasteiger partial charge < -0.3 is 10.1 Å². The molecule has 0 radical (unpaired) electrons. The number of ether oxygens (including phenoxy) is 1. The van der Waals surface area contributed by atoms with Crippen molar-refractivity contribution in [2.24, 2.45) is 0 Å². The summed E-state index contributed by atoms with van der Waals surface area (Å²) >= 11 is 0. The van der Waals surface area contributed by atoms with Crippen LogP contribution in [0.5, 0.6) is 0 Å². The zero-order valence-corrected chi connectivity index (χ0v) is 25.9. The van der Waals surface area contributed by atoms with E-state index in [1.54, 1.807) is 39.8 Å². The molecule has 2 heterocycles. The molecule has 1 unspecified atom stereocenters. The Labute approximate surface area is 257 Å². The predicted octanol–water partition coefficient (Wildman–Crippen LogP) is 5.40. The zero-order valence-electron chi connectivity index (χ0n) is 25.1.